The van der Waals surface area contributed by atoms with Crippen LogP contribution in [0.15, 0.2) is 0 Å². The molecule has 10 heavy (non-hydrogen) atoms. The molecule has 2 heteroatoms. The summed E-state index contributed by atoms with van der Waals surface area (Å²) >= 11 is 0. The van der Waals surface area contributed by atoms with Gasteiger partial charge >= 0.3 is 0 Å². The molecule has 0 saturated heterocycles. The van der Waals surface area contributed by atoms with Gasteiger partial charge < -0.3 is 10.2 Å². The Kier molecular flexibility index (Phi) is 1.25. The SMILES string of the molecule is CC1(C)CC(O)(O)C1(C)C. The molecule has 0 aliphatic heterocycles. The zero-order chi connectivity index (χ0) is 8.21. The summed E-state index contributed by atoms with van der Waals surface area (Å²) in [6.07, 6.45) is 0.479. The molecule has 0 aromatic rings. The predicted molar refractivity (Wildman–Crippen MR) is 39.3 cm³/mol. The maximum atomic E-state index is 9.33. The molecule has 0 unspecified atom stereocenters. The molecule has 0 aromatic heterocycles. The van der Waals surface area contributed by atoms with Crippen molar-refractivity contribution in [2.75, 3.05) is 0 Å². The minimum absolute atomic E-state index is 0.0521. The van der Waals surface area contributed by atoms with E-state index in [0.29, 0.717) is 6.42 Å². The van der Waals surface area contributed by atoms with Gasteiger partial charge in [0.15, 0.2) is 5.79 Å². The van der Waals surface area contributed by atoms with Crippen LogP contribution in [0.4, 0.5) is 0 Å². The van der Waals surface area contributed by atoms with Crippen molar-refractivity contribution < 1.29 is 10.2 Å². The van der Waals surface area contributed by atoms with Crippen molar-refractivity contribution in [1.29, 1.82) is 0 Å². The summed E-state index contributed by atoms with van der Waals surface area (Å²) in [6.45, 7) is 7.88. The Hall–Kier alpha value is -0.0800. The summed E-state index contributed by atoms with van der Waals surface area (Å²) < 4.78 is 0. The Bertz CT molecular complexity index is 141. The monoisotopic (exact) mass is 144 g/mol. The van der Waals surface area contributed by atoms with Crippen LogP contribution >= 0.6 is 0 Å². The predicted octanol–water partition coefficient (Wildman–Crippen LogP) is 1.12. The van der Waals surface area contributed by atoms with E-state index < -0.39 is 5.79 Å². The van der Waals surface area contributed by atoms with Crippen molar-refractivity contribution in [3.05, 3.63) is 0 Å². The average molecular weight is 144 g/mol. The summed E-state index contributed by atoms with van der Waals surface area (Å²) in [5, 5.41) is 18.7. The second kappa shape index (κ2) is 1.56. The summed E-state index contributed by atoms with van der Waals surface area (Å²) in [7, 11) is 0. The lowest BCUT2D eigenvalue weighted by atomic mass is 9.49. The molecule has 0 bridgehead atoms. The topological polar surface area (TPSA) is 40.5 Å². The summed E-state index contributed by atoms with van der Waals surface area (Å²) in [4.78, 5) is 0. The Balaban J connectivity index is 2.85. The molecule has 1 aliphatic rings. The van der Waals surface area contributed by atoms with Gasteiger partial charge in [0.1, 0.15) is 0 Å². The van der Waals surface area contributed by atoms with Gasteiger partial charge in [-0.05, 0) is 5.41 Å². The van der Waals surface area contributed by atoms with Crippen LogP contribution in [0.2, 0.25) is 0 Å². The third-order valence-corrected chi connectivity index (χ3v) is 3.38. The van der Waals surface area contributed by atoms with Gasteiger partial charge in [-0.3, -0.25) is 0 Å². The standard InChI is InChI=1S/C8H16O2/c1-6(2)5-8(9,10)7(6,3)4/h9-10H,5H2,1-4H3. The van der Waals surface area contributed by atoms with E-state index >= 15 is 0 Å². The molecule has 0 heterocycles. The Labute approximate surface area is 61.9 Å². The highest BCUT2D eigenvalue weighted by Crippen LogP contribution is 2.60. The number of rotatable bonds is 0. The fourth-order valence-electron chi connectivity index (χ4n) is 1.49. The van der Waals surface area contributed by atoms with Crippen molar-refractivity contribution >= 4 is 0 Å². The van der Waals surface area contributed by atoms with Crippen molar-refractivity contribution in [1.82, 2.24) is 0 Å². The van der Waals surface area contributed by atoms with E-state index in [-0.39, 0.29) is 10.8 Å². The second-order valence-electron chi connectivity index (χ2n) is 4.50. The second-order valence-corrected chi connectivity index (χ2v) is 4.50. The maximum Gasteiger partial charge on any atom is 0.168 e. The molecule has 0 spiro atoms. The third kappa shape index (κ3) is 0.663. The van der Waals surface area contributed by atoms with Gasteiger partial charge in [-0.25, -0.2) is 0 Å². The van der Waals surface area contributed by atoms with Crippen molar-refractivity contribution in [3.63, 3.8) is 0 Å². The van der Waals surface area contributed by atoms with E-state index in [9.17, 15) is 10.2 Å². The first-order chi connectivity index (χ1) is 4.21. The normalized spacial score (nSPS) is 33.0. The fourth-order valence-corrected chi connectivity index (χ4v) is 1.49. The first-order valence-electron chi connectivity index (χ1n) is 3.65. The van der Waals surface area contributed by atoms with Crippen LogP contribution in [-0.2, 0) is 0 Å². The third-order valence-electron chi connectivity index (χ3n) is 3.38. The quantitative estimate of drug-likeness (QED) is 0.500. The van der Waals surface area contributed by atoms with Crippen LogP contribution < -0.4 is 0 Å². The Morgan fingerprint density at radius 3 is 1.40 bits per heavy atom. The van der Waals surface area contributed by atoms with E-state index in [1.165, 1.54) is 0 Å². The Morgan fingerprint density at radius 2 is 1.40 bits per heavy atom. The van der Waals surface area contributed by atoms with Gasteiger partial charge in [0.25, 0.3) is 0 Å². The van der Waals surface area contributed by atoms with E-state index in [4.69, 9.17) is 0 Å². The van der Waals surface area contributed by atoms with Gasteiger partial charge in [-0.15, -0.1) is 0 Å². The van der Waals surface area contributed by atoms with Crippen LogP contribution in [0.1, 0.15) is 34.1 Å². The molecule has 0 amide bonds. The lowest BCUT2D eigenvalue weighted by Gasteiger charge is -2.61. The molecule has 0 atom stereocenters. The number of hydrogen-bond acceptors (Lipinski definition) is 2. The molecule has 1 saturated carbocycles. The molecule has 1 aliphatic carbocycles. The number of aliphatic hydroxyl groups is 2. The zero-order valence-electron chi connectivity index (χ0n) is 7.10. The van der Waals surface area contributed by atoms with E-state index in [1.54, 1.807) is 0 Å². The summed E-state index contributed by atoms with van der Waals surface area (Å²) in [6, 6.07) is 0. The van der Waals surface area contributed by atoms with Crippen LogP contribution in [0.3, 0.4) is 0 Å². The van der Waals surface area contributed by atoms with Gasteiger partial charge in [0.05, 0.1) is 0 Å². The minimum atomic E-state index is -1.45. The molecule has 1 fully saturated rings. The van der Waals surface area contributed by atoms with Crippen molar-refractivity contribution in [3.8, 4) is 0 Å². The molecular weight excluding hydrogens is 128 g/mol. The molecule has 0 aromatic carbocycles. The average Bonchev–Trinajstić information content (AvgIpc) is 1.61. The van der Waals surface area contributed by atoms with E-state index in [0.717, 1.165) is 0 Å². The largest absolute Gasteiger partial charge is 0.365 e. The highest BCUT2D eigenvalue weighted by molar-refractivity contribution is 5.07. The first-order valence-corrected chi connectivity index (χ1v) is 3.65. The Morgan fingerprint density at radius 1 is 1.00 bits per heavy atom. The highest BCUT2D eigenvalue weighted by Gasteiger charge is 2.63. The smallest absolute Gasteiger partial charge is 0.168 e. The van der Waals surface area contributed by atoms with Crippen molar-refractivity contribution in [2.24, 2.45) is 10.8 Å². The minimum Gasteiger partial charge on any atom is -0.365 e. The maximum absolute atomic E-state index is 9.33. The van der Waals surface area contributed by atoms with Crippen molar-refractivity contribution in [2.45, 2.75) is 39.9 Å². The lowest BCUT2D eigenvalue weighted by molar-refractivity contribution is -0.350. The van der Waals surface area contributed by atoms with Gasteiger partial charge in [0, 0.05) is 11.8 Å². The molecule has 1 rings (SSSR count). The van der Waals surface area contributed by atoms with E-state index in [2.05, 4.69) is 13.8 Å². The molecule has 0 radical (unpaired) electrons. The summed E-state index contributed by atoms with van der Waals surface area (Å²) in [5.41, 5.74) is -0.323. The van der Waals surface area contributed by atoms with E-state index in [1.807, 2.05) is 13.8 Å². The van der Waals surface area contributed by atoms with Crippen LogP contribution in [0, 0.1) is 10.8 Å². The summed E-state index contributed by atoms with van der Waals surface area (Å²) in [5.74, 6) is -1.45. The molecule has 2 nitrogen and oxygen atoms in total. The molecule has 60 valence electrons. The van der Waals surface area contributed by atoms with Gasteiger partial charge in [-0.1, -0.05) is 27.7 Å². The van der Waals surface area contributed by atoms with Gasteiger partial charge in [-0.2, -0.15) is 0 Å². The lowest BCUT2D eigenvalue weighted by Crippen LogP contribution is -2.65. The highest BCUT2D eigenvalue weighted by atomic mass is 16.5. The first kappa shape index (κ1) is 8.02. The fraction of sp³-hybridized carbons (Fsp3) is 1.00. The van der Waals surface area contributed by atoms with Gasteiger partial charge in [0.2, 0.25) is 0 Å². The van der Waals surface area contributed by atoms with Crippen LogP contribution in [0.25, 0.3) is 0 Å². The van der Waals surface area contributed by atoms with Crippen LogP contribution in [0.5, 0.6) is 0 Å². The van der Waals surface area contributed by atoms with Crippen LogP contribution in [-0.4, -0.2) is 16.0 Å². The number of hydrogen-bond donors (Lipinski definition) is 2. The molecular formula is C8H16O2. The molecule has 2 N–H and O–H groups in total. The zero-order valence-corrected chi connectivity index (χ0v) is 7.10.